The molecule has 0 fully saturated rings. The molecular formula is C4H7O4. The van der Waals surface area contributed by atoms with Crippen LogP contribution in [0.5, 0.6) is 0 Å². The van der Waals surface area contributed by atoms with Crippen LogP contribution < -0.4 is 0 Å². The summed E-state index contributed by atoms with van der Waals surface area (Å²) in [7, 11) is 0. The number of carboxylic acid groups (broad SMARTS) is 1. The third kappa shape index (κ3) is 5.39. The van der Waals surface area contributed by atoms with Crippen LogP contribution in [0.2, 0.25) is 0 Å². The average molecular weight is 119 g/mol. The van der Waals surface area contributed by atoms with Crippen LogP contribution in [-0.2, 0) is 14.6 Å². The molecule has 0 saturated carbocycles. The second-order valence-corrected chi connectivity index (χ2v) is 1.27. The maximum absolute atomic E-state index is 9.95. The first kappa shape index (κ1) is 7.39. The summed E-state index contributed by atoms with van der Waals surface area (Å²) < 4.78 is 4.15. The Labute approximate surface area is 46.7 Å². The molecule has 1 N–H and O–H groups in total. The molecule has 1 atom stereocenters. The fraction of sp³-hybridized carbons (Fsp3) is 0.750. The second-order valence-electron chi connectivity index (χ2n) is 1.27. The minimum atomic E-state index is -1.24. The topological polar surface area (TPSA) is 66.4 Å². The molecule has 4 heteroatoms. The lowest BCUT2D eigenvalue weighted by Crippen LogP contribution is -2.12. The number of rotatable bonds is 3. The Morgan fingerprint density at radius 1 is 1.88 bits per heavy atom. The van der Waals surface area contributed by atoms with Crippen molar-refractivity contribution in [2.45, 2.75) is 13.2 Å². The number of carbonyl (C=O) groups is 1. The molecule has 0 bridgehead atoms. The summed E-state index contributed by atoms with van der Waals surface area (Å²) in [6.07, 6.45) is -1.24. The molecule has 0 rings (SSSR count). The molecule has 0 aliphatic carbocycles. The highest BCUT2D eigenvalue weighted by molar-refractivity contribution is 5.67. The van der Waals surface area contributed by atoms with Gasteiger partial charge in [0, 0.05) is 0 Å². The summed E-state index contributed by atoms with van der Waals surface area (Å²) in [5, 5.41) is 17.8. The first-order valence-electron chi connectivity index (χ1n) is 2.12. The average Bonchev–Trinajstić information content (AvgIpc) is 1.61. The van der Waals surface area contributed by atoms with Gasteiger partial charge < -0.3 is 9.84 Å². The first-order chi connectivity index (χ1) is 3.63. The standard InChI is InChI=1S/C4H7O4/c1-3(5)8-2-4(6)7/h3H,2H2,1H3,(H,6,7). The van der Waals surface area contributed by atoms with Crippen molar-refractivity contribution in [3.63, 3.8) is 0 Å². The van der Waals surface area contributed by atoms with Gasteiger partial charge in [0.1, 0.15) is 6.61 Å². The van der Waals surface area contributed by atoms with Crippen molar-refractivity contribution < 1.29 is 19.7 Å². The van der Waals surface area contributed by atoms with Gasteiger partial charge >= 0.3 is 5.97 Å². The van der Waals surface area contributed by atoms with Crippen LogP contribution in [0.15, 0.2) is 0 Å². The van der Waals surface area contributed by atoms with Gasteiger partial charge in [-0.25, -0.2) is 9.90 Å². The van der Waals surface area contributed by atoms with Crippen LogP contribution in [0.4, 0.5) is 0 Å². The minimum absolute atomic E-state index is 0.509. The molecule has 0 spiro atoms. The number of hydrogen-bond acceptors (Lipinski definition) is 2. The SMILES string of the molecule is CC([O])OCC(=O)O. The van der Waals surface area contributed by atoms with Crippen molar-refractivity contribution in [3.05, 3.63) is 0 Å². The minimum Gasteiger partial charge on any atom is -0.480 e. The van der Waals surface area contributed by atoms with Gasteiger partial charge in [0.05, 0.1) is 0 Å². The fourth-order valence-corrected chi connectivity index (χ4v) is 0.189. The molecule has 0 aromatic carbocycles. The van der Waals surface area contributed by atoms with Crippen LogP contribution in [0, 0.1) is 0 Å². The van der Waals surface area contributed by atoms with Gasteiger partial charge in [0.2, 0.25) is 0 Å². The van der Waals surface area contributed by atoms with E-state index >= 15 is 0 Å². The predicted octanol–water partition coefficient (Wildman–Crippen LogP) is -0.136. The summed E-state index contributed by atoms with van der Waals surface area (Å²) in [6, 6.07) is 0. The van der Waals surface area contributed by atoms with E-state index in [1.165, 1.54) is 6.92 Å². The quantitative estimate of drug-likeness (QED) is 0.526. The van der Waals surface area contributed by atoms with E-state index in [2.05, 4.69) is 4.74 Å². The summed E-state index contributed by atoms with van der Waals surface area (Å²) in [5.74, 6) is -1.12. The first-order valence-corrected chi connectivity index (χ1v) is 2.12. The monoisotopic (exact) mass is 119 g/mol. The zero-order valence-electron chi connectivity index (χ0n) is 4.46. The molecule has 8 heavy (non-hydrogen) atoms. The van der Waals surface area contributed by atoms with Crippen LogP contribution in [0.3, 0.4) is 0 Å². The fourth-order valence-electron chi connectivity index (χ4n) is 0.189. The van der Waals surface area contributed by atoms with Crippen LogP contribution in [0.1, 0.15) is 6.92 Å². The van der Waals surface area contributed by atoms with Crippen molar-refractivity contribution >= 4 is 5.97 Å². The Morgan fingerprint density at radius 3 is 2.50 bits per heavy atom. The van der Waals surface area contributed by atoms with Crippen molar-refractivity contribution in [1.29, 1.82) is 0 Å². The van der Waals surface area contributed by atoms with Gasteiger partial charge in [-0.3, -0.25) is 0 Å². The third-order valence-corrected chi connectivity index (χ3v) is 0.442. The number of carboxylic acids is 1. The van der Waals surface area contributed by atoms with Gasteiger partial charge in [-0.1, -0.05) is 0 Å². The Bertz CT molecular complexity index is 78.1. The Morgan fingerprint density at radius 2 is 2.38 bits per heavy atom. The molecule has 0 amide bonds. The maximum Gasteiger partial charge on any atom is 0.329 e. The molecule has 0 aromatic heterocycles. The Kier molecular flexibility index (Phi) is 3.14. The number of aliphatic carboxylic acids is 1. The third-order valence-electron chi connectivity index (χ3n) is 0.442. The van der Waals surface area contributed by atoms with Crippen molar-refractivity contribution in [2.24, 2.45) is 0 Å². The van der Waals surface area contributed by atoms with E-state index in [9.17, 15) is 9.90 Å². The summed E-state index contributed by atoms with van der Waals surface area (Å²) >= 11 is 0. The molecule has 0 aliphatic rings. The lowest BCUT2D eigenvalue weighted by atomic mass is 10.7. The van der Waals surface area contributed by atoms with Gasteiger partial charge in [-0.15, -0.1) is 0 Å². The highest BCUT2D eigenvalue weighted by Crippen LogP contribution is 1.82. The smallest absolute Gasteiger partial charge is 0.329 e. The largest absolute Gasteiger partial charge is 0.480 e. The van der Waals surface area contributed by atoms with Crippen molar-refractivity contribution in [2.75, 3.05) is 6.61 Å². The van der Waals surface area contributed by atoms with Crippen LogP contribution in [-0.4, -0.2) is 24.0 Å². The molecule has 0 aromatic rings. The predicted molar refractivity (Wildman–Crippen MR) is 23.7 cm³/mol. The molecule has 0 heterocycles. The van der Waals surface area contributed by atoms with E-state index < -0.39 is 18.9 Å². The van der Waals surface area contributed by atoms with Crippen LogP contribution >= 0.6 is 0 Å². The highest BCUT2D eigenvalue weighted by atomic mass is 16.6. The van der Waals surface area contributed by atoms with E-state index in [0.717, 1.165) is 0 Å². The summed E-state index contributed by atoms with van der Waals surface area (Å²) in [4.78, 5) is 9.64. The van der Waals surface area contributed by atoms with E-state index in [4.69, 9.17) is 5.11 Å². The molecule has 1 radical (unpaired) electrons. The maximum atomic E-state index is 9.95. The van der Waals surface area contributed by atoms with E-state index in [-0.39, 0.29) is 0 Å². The number of ether oxygens (including phenoxy) is 1. The summed E-state index contributed by atoms with van der Waals surface area (Å²) in [5.41, 5.74) is 0. The number of hydrogen-bond donors (Lipinski definition) is 1. The van der Waals surface area contributed by atoms with Crippen molar-refractivity contribution in [1.82, 2.24) is 0 Å². The van der Waals surface area contributed by atoms with Gasteiger partial charge in [0.25, 0.3) is 0 Å². The second kappa shape index (κ2) is 3.40. The van der Waals surface area contributed by atoms with E-state index in [1.54, 1.807) is 0 Å². The summed E-state index contributed by atoms with van der Waals surface area (Å²) in [6.45, 7) is 0.730. The molecular weight excluding hydrogens is 112 g/mol. The molecule has 1 unspecified atom stereocenters. The van der Waals surface area contributed by atoms with Gasteiger partial charge in [-0.2, -0.15) is 0 Å². The lowest BCUT2D eigenvalue weighted by molar-refractivity contribution is -0.163. The molecule has 47 valence electrons. The highest BCUT2D eigenvalue weighted by Gasteiger charge is 1.99. The lowest BCUT2D eigenvalue weighted by Gasteiger charge is -1.98. The van der Waals surface area contributed by atoms with E-state index in [1.807, 2.05) is 0 Å². The molecule has 0 aliphatic heterocycles. The Hall–Kier alpha value is -0.610. The van der Waals surface area contributed by atoms with Gasteiger partial charge in [-0.05, 0) is 6.92 Å². The zero-order chi connectivity index (χ0) is 6.57. The zero-order valence-corrected chi connectivity index (χ0v) is 4.46. The normalized spacial score (nSPS) is 13.2. The Balaban J connectivity index is 3.05. The van der Waals surface area contributed by atoms with Crippen molar-refractivity contribution in [3.8, 4) is 0 Å². The molecule has 4 nitrogen and oxygen atoms in total. The van der Waals surface area contributed by atoms with E-state index in [0.29, 0.717) is 0 Å². The van der Waals surface area contributed by atoms with Crippen LogP contribution in [0.25, 0.3) is 0 Å². The molecule has 0 saturated heterocycles. The van der Waals surface area contributed by atoms with Gasteiger partial charge in [0.15, 0.2) is 6.29 Å².